The van der Waals surface area contributed by atoms with Crippen LogP contribution in [0.3, 0.4) is 0 Å². The third-order valence-corrected chi connectivity index (χ3v) is 9.39. The maximum atomic E-state index is 2.53. The largest absolute Gasteiger partial charge is 0.0918 e. The molecule has 1 aliphatic rings. The van der Waals surface area contributed by atoms with E-state index >= 15 is 0 Å². The lowest BCUT2D eigenvalue weighted by atomic mass is 10.1. The van der Waals surface area contributed by atoms with Crippen molar-refractivity contribution in [2.24, 2.45) is 0 Å². The van der Waals surface area contributed by atoms with Crippen molar-refractivity contribution < 1.29 is 0 Å². The Morgan fingerprint density at radius 3 is 1.50 bits per heavy atom. The molecule has 0 saturated heterocycles. The Bertz CT molecular complexity index is 570. The van der Waals surface area contributed by atoms with Gasteiger partial charge in [-0.3, -0.25) is 0 Å². The van der Waals surface area contributed by atoms with Gasteiger partial charge < -0.3 is 0 Å². The molecule has 0 amide bonds. The van der Waals surface area contributed by atoms with Crippen molar-refractivity contribution >= 4 is 13.3 Å². The summed E-state index contributed by atoms with van der Waals surface area (Å²) in [5.74, 6) is 0. The topological polar surface area (TPSA) is 0 Å². The summed E-state index contributed by atoms with van der Waals surface area (Å²) in [6.45, 7) is 18.8. The second-order valence-corrected chi connectivity index (χ2v) is 11.7. The highest BCUT2D eigenvalue weighted by atomic mass is 28.3. The van der Waals surface area contributed by atoms with E-state index in [-0.39, 0.29) is 0 Å². The van der Waals surface area contributed by atoms with Crippen LogP contribution in [0.25, 0.3) is 0 Å². The summed E-state index contributed by atoms with van der Waals surface area (Å²) >= 11 is 0. The number of benzene rings is 1. The third-order valence-electron chi connectivity index (χ3n) is 5.30. The minimum atomic E-state index is -1.53. The maximum absolute atomic E-state index is 2.53. The minimum absolute atomic E-state index is 0.670. The number of rotatable bonds is 2. The molecular weight excluding hydrogens is 256 g/mol. The number of hydrogen-bond donors (Lipinski definition) is 0. The second kappa shape index (κ2) is 5.03. The Morgan fingerprint density at radius 1 is 0.700 bits per heavy atom. The van der Waals surface area contributed by atoms with E-state index in [0.29, 0.717) is 5.54 Å². The van der Waals surface area contributed by atoms with Gasteiger partial charge in [0, 0.05) is 5.54 Å². The van der Waals surface area contributed by atoms with Crippen LogP contribution in [-0.4, -0.2) is 8.07 Å². The molecule has 0 aliphatic heterocycles. The molecule has 108 valence electrons. The lowest BCUT2D eigenvalue weighted by Gasteiger charge is -2.33. The Hall–Kier alpha value is -1.08. The van der Waals surface area contributed by atoms with Crippen molar-refractivity contribution in [3.8, 4) is 0 Å². The van der Waals surface area contributed by atoms with Crippen molar-refractivity contribution in [3.63, 3.8) is 0 Å². The summed E-state index contributed by atoms with van der Waals surface area (Å²) in [6, 6.07) is 7.12. The van der Waals surface area contributed by atoms with Gasteiger partial charge in [-0.1, -0.05) is 58.8 Å². The molecule has 0 unspecified atom stereocenters. The third kappa shape index (κ3) is 2.33. The zero-order valence-electron chi connectivity index (χ0n) is 14.3. The molecule has 1 aromatic rings. The fourth-order valence-electron chi connectivity index (χ4n) is 3.95. The van der Waals surface area contributed by atoms with E-state index in [9.17, 15) is 0 Å². The molecule has 20 heavy (non-hydrogen) atoms. The van der Waals surface area contributed by atoms with Gasteiger partial charge in [0.1, 0.15) is 0 Å². The lowest BCUT2D eigenvalue weighted by Crippen LogP contribution is -2.46. The molecule has 0 aromatic heterocycles. The summed E-state index contributed by atoms with van der Waals surface area (Å²) in [5, 5.41) is 1.60. The van der Waals surface area contributed by atoms with Gasteiger partial charge in [-0.2, -0.15) is 0 Å². The molecule has 0 fully saturated rings. The highest BCUT2D eigenvalue weighted by Gasteiger charge is 2.39. The number of aryl methyl sites for hydroxylation is 2. The molecule has 0 saturated carbocycles. The minimum Gasteiger partial charge on any atom is -0.0653 e. The van der Waals surface area contributed by atoms with Crippen molar-refractivity contribution in [2.75, 3.05) is 0 Å². The van der Waals surface area contributed by atoms with E-state index < -0.39 is 8.07 Å². The molecule has 0 radical (unpaired) electrons. The lowest BCUT2D eigenvalue weighted by molar-refractivity contribution is 1.08. The molecule has 1 aliphatic carbocycles. The van der Waals surface area contributed by atoms with Crippen molar-refractivity contribution in [2.45, 2.75) is 60.2 Å². The first kappa shape index (κ1) is 15.3. The summed E-state index contributed by atoms with van der Waals surface area (Å²) in [5.41, 5.74) is 9.73. The molecule has 0 bridgehead atoms. The highest BCUT2D eigenvalue weighted by Crippen LogP contribution is 2.46. The van der Waals surface area contributed by atoms with Crippen LogP contribution in [0.2, 0.25) is 18.6 Å². The van der Waals surface area contributed by atoms with E-state index in [1.165, 1.54) is 22.3 Å². The molecule has 0 spiro atoms. The Kier molecular flexibility index (Phi) is 3.85. The second-order valence-electron chi connectivity index (χ2n) is 7.15. The van der Waals surface area contributed by atoms with E-state index in [1.807, 2.05) is 0 Å². The summed E-state index contributed by atoms with van der Waals surface area (Å²) in [6.07, 6.45) is 0. The van der Waals surface area contributed by atoms with Crippen LogP contribution in [-0.2, 0) is 0 Å². The summed E-state index contributed by atoms with van der Waals surface area (Å²) in [7, 11) is -1.53. The normalized spacial score (nSPS) is 17.4. The zero-order chi connectivity index (χ0) is 15.2. The molecular formula is C19H28Si. The fourth-order valence-corrected chi connectivity index (χ4v) is 8.08. The average Bonchev–Trinajstić information content (AvgIpc) is 2.53. The molecule has 0 heterocycles. The van der Waals surface area contributed by atoms with Crippen LogP contribution < -0.4 is 5.19 Å². The number of allylic oxidation sites excluding steroid dienone is 4. The van der Waals surface area contributed by atoms with E-state index in [2.05, 4.69) is 72.8 Å². The first-order valence-electron chi connectivity index (χ1n) is 7.60. The molecule has 0 nitrogen and oxygen atoms in total. The molecule has 1 aromatic carbocycles. The van der Waals surface area contributed by atoms with Gasteiger partial charge in [-0.05, 0) is 52.7 Å². The van der Waals surface area contributed by atoms with Crippen molar-refractivity contribution in [3.05, 3.63) is 51.6 Å². The summed E-state index contributed by atoms with van der Waals surface area (Å²) < 4.78 is 0. The Balaban J connectivity index is 2.56. The van der Waals surface area contributed by atoms with Crippen molar-refractivity contribution in [1.29, 1.82) is 0 Å². The standard InChI is InChI=1S/C19H28Si/c1-12-9-13(2)11-18(10-12)20(7,8)19-16(5)14(3)15(4)17(19)6/h9-11,19H,1-8H3. The van der Waals surface area contributed by atoms with Gasteiger partial charge in [-0.25, -0.2) is 0 Å². The molecule has 0 N–H and O–H groups in total. The number of hydrogen-bond acceptors (Lipinski definition) is 0. The molecule has 1 heteroatoms. The molecule has 2 rings (SSSR count). The van der Waals surface area contributed by atoms with E-state index in [0.717, 1.165) is 0 Å². The Morgan fingerprint density at radius 2 is 1.10 bits per heavy atom. The van der Waals surface area contributed by atoms with E-state index in [1.54, 1.807) is 16.3 Å². The van der Waals surface area contributed by atoms with Crippen molar-refractivity contribution in [1.82, 2.24) is 0 Å². The monoisotopic (exact) mass is 284 g/mol. The van der Waals surface area contributed by atoms with Crippen LogP contribution in [0.4, 0.5) is 0 Å². The van der Waals surface area contributed by atoms with Gasteiger partial charge in [-0.15, -0.1) is 0 Å². The van der Waals surface area contributed by atoms with Crippen LogP contribution >= 0.6 is 0 Å². The quantitative estimate of drug-likeness (QED) is 0.649. The summed E-state index contributed by atoms with van der Waals surface area (Å²) in [4.78, 5) is 0. The molecule has 0 atom stereocenters. The van der Waals surface area contributed by atoms with Crippen LogP contribution in [0, 0.1) is 13.8 Å². The SMILES string of the molecule is CC1=C(C)C([Si](C)(C)c2cc(C)cc(C)c2)C(C)=C1C. The van der Waals surface area contributed by atoms with Gasteiger partial charge in [0.25, 0.3) is 0 Å². The fraction of sp³-hybridized carbons (Fsp3) is 0.474. The van der Waals surface area contributed by atoms with Crippen LogP contribution in [0.15, 0.2) is 40.5 Å². The van der Waals surface area contributed by atoms with Gasteiger partial charge in [0.2, 0.25) is 0 Å². The maximum Gasteiger partial charge on any atom is 0.0918 e. The van der Waals surface area contributed by atoms with E-state index in [4.69, 9.17) is 0 Å². The van der Waals surface area contributed by atoms with Gasteiger partial charge in [0.05, 0.1) is 8.07 Å². The van der Waals surface area contributed by atoms with Gasteiger partial charge in [0.15, 0.2) is 0 Å². The van der Waals surface area contributed by atoms with Gasteiger partial charge >= 0.3 is 0 Å². The van der Waals surface area contributed by atoms with Crippen LogP contribution in [0.5, 0.6) is 0 Å². The van der Waals surface area contributed by atoms with Crippen LogP contribution in [0.1, 0.15) is 38.8 Å². The average molecular weight is 285 g/mol. The smallest absolute Gasteiger partial charge is 0.0653 e. The zero-order valence-corrected chi connectivity index (χ0v) is 15.3. The highest BCUT2D eigenvalue weighted by molar-refractivity contribution is 6.92. The first-order valence-corrected chi connectivity index (χ1v) is 10.7. The predicted octanol–water partition coefficient (Wildman–Crippen LogP) is 5.28. The Labute approximate surface area is 125 Å². The predicted molar refractivity (Wildman–Crippen MR) is 93.5 cm³/mol. The first-order chi connectivity index (χ1) is 9.16.